The molecular formula is C11H11ClO2S. The van der Waals surface area contributed by atoms with E-state index in [9.17, 15) is 5.11 Å². The van der Waals surface area contributed by atoms with Crippen molar-refractivity contribution in [2.24, 2.45) is 0 Å². The molecule has 0 saturated heterocycles. The lowest BCUT2D eigenvalue weighted by molar-refractivity contribution is 0.301. The number of fused-ring (bicyclic) bond motifs is 1. The van der Waals surface area contributed by atoms with Crippen LogP contribution in [0.25, 0.3) is 10.1 Å². The van der Waals surface area contributed by atoms with Crippen molar-refractivity contribution in [3.63, 3.8) is 0 Å². The Bertz CT molecular complexity index is 453. The van der Waals surface area contributed by atoms with Gasteiger partial charge in [-0.15, -0.1) is 22.9 Å². The second-order valence-corrected chi connectivity index (χ2v) is 4.50. The van der Waals surface area contributed by atoms with Gasteiger partial charge in [-0.05, 0) is 29.3 Å². The number of aromatic hydroxyl groups is 1. The third kappa shape index (κ3) is 2.36. The van der Waals surface area contributed by atoms with Gasteiger partial charge in [0.2, 0.25) is 0 Å². The molecule has 0 fully saturated rings. The Labute approximate surface area is 97.1 Å². The van der Waals surface area contributed by atoms with E-state index < -0.39 is 0 Å². The lowest BCUT2D eigenvalue weighted by atomic mass is 10.2. The number of alkyl halides is 1. The van der Waals surface area contributed by atoms with Gasteiger partial charge in [-0.25, -0.2) is 0 Å². The molecule has 0 aliphatic heterocycles. The van der Waals surface area contributed by atoms with Crippen LogP contribution in [0.2, 0.25) is 0 Å². The number of hydrogen-bond acceptors (Lipinski definition) is 3. The summed E-state index contributed by atoms with van der Waals surface area (Å²) in [4.78, 5) is 0. The highest BCUT2D eigenvalue weighted by molar-refractivity contribution is 7.17. The molecule has 80 valence electrons. The van der Waals surface area contributed by atoms with Gasteiger partial charge in [-0.1, -0.05) is 0 Å². The molecule has 1 aromatic heterocycles. The Kier molecular flexibility index (Phi) is 3.34. The van der Waals surface area contributed by atoms with Crippen molar-refractivity contribution in [1.82, 2.24) is 0 Å². The molecule has 1 heterocycles. The van der Waals surface area contributed by atoms with Crippen molar-refractivity contribution in [2.45, 2.75) is 6.42 Å². The van der Waals surface area contributed by atoms with E-state index in [1.54, 1.807) is 17.4 Å². The zero-order valence-corrected chi connectivity index (χ0v) is 9.64. The summed E-state index contributed by atoms with van der Waals surface area (Å²) in [6, 6.07) is 5.60. The van der Waals surface area contributed by atoms with Crippen molar-refractivity contribution in [3.05, 3.63) is 23.6 Å². The SMILES string of the molecule is Oc1cc2sccc2cc1OCCCCl. The number of thiophene rings is 1. The average molecular weight is 243 g/mol. The fourth-order valence-electron chi connectivity index (χ4n) is 1.33. The maximum absolute atomic E-state index is 9.67. The van der Waals surface area contributed by atoms with Crippen LogP contribution in [0.1, 0.15) is 6.42 Å². The zero-order valence-electron chi connectivity index (χ0n) is 8.07. The molecule has 2 aromatic rings. The van der Waals surface area contributed by atoms with Crippen molar-refractivity contribution < 1.29 is 9.84 Å². The number of ether oxygens (including phenoxy) is 1. The maximum Gasteiger partial charge on any atom is 0.161 e. The molecule has 4 heteroatoms. The van der Waals surface area contributed by atoms with E-state index >= 15 is 0 Å². The quantitative estimate of drug-likeness (QED) is 0.656. The Morgan fingerprint density at radius 1 is 1.40 bits per heavy atom. The number of benzene rings is 1. The minimum atomic E-state index is 0.194. The van der Waals surface area contributed by atoms with E-state index in [1.165, 1.54) is 0 Å². The molecule has 0 bridgehead atoms. The first-order valence-electron chi connectivity index (χ1n) is 4.70. The Hall–Kier alpha value is -0.930. The first-order chi connectivity index (χ1) is 7.31. The molecule has 0 unspecified atom stereocenters. The molecule has 2 nitrogen and oxygen atoms in total. The van der Waals surface area contributed by atoms with Crippen LogP contribution in [-0.2, 0) is 0 Å². The van der Waals surface area contributed by atoms with Crippen LogP contribution < -0.4 is 4.74 Å². The van der Waals surface area contributed by atoms with Gasteiger partial charge in [0.05, 0.1) is 6.61 Å². The van der Waals surface area contributed by atoms with Gasteiger partial charge < -0.3 is 9.84 Å². The molecule has 0 radical (unpaired) electrons. The van der Waals surface area contributed by atoms with Crippen LogP contribution in [0.4, 0.5) is 0 Å². The van der Waals surface area contributed by atoms with Gasteiger partial charge in [0.1, 0.15) is 0 Å². The molecule has 1 aromatic carbocycles. The Balaban J connectivity index is 2.22. The van der Waals surface area contributed by atoms with Gasteiger partial charge in [0, 0.05) is 16.6 Å². The van der Waals surface area contributed by atoms with E-state index in [0.29, 0.717) is 18.2 Å². The monoisotopic (exact) mass is 242 g/mol. The smallest absolute Gasteiger partial charge is 0.161 e. The third-order valence-electron chi connectivity index (χ3n) is 2.07. The molecule has 15 heavy (non-hydrogen) atoms. The molecule has 0 amide bonds. The zero-order chi connectivity index (χ0) is 10.7. The largest absolute Gasteiger partial charge is 0.504 e. The minimum absolute atomic E-state index is 0.194. The second-order valence-electron chi connectivity index (χ2n) is 3.17. The normalized spacial score (nSPS) is 10.7. The van der Waals surface area contributed by atoms with Crippen LogP contribution in [0, 0.1) is 0 Å². The lowest BCUT2D eigenvalue weighted by Crippen LogP contribution is -1.97. The molecule has 0 aliphatic rings. The number of halogens is 1. The molecule has 0 aliphatic carbocycles. The number of phenols is 1. The fourth-order valence-corrected chi connectivity index (χ4v) is 2.24. The van der Waals surface area contributed by atoms with Crippen molar-refractivity contribution in [1.29, 1.82) is 0 Å². The molecule has 1 N–H and O–H groups in total. The van der Waals surface area contributed by atoms with Crippen molar-refractivity contribution in [2.75, 3.05) is 12.5 Å². The second kappa shape index (κ2) is 4.73. The van der Waals surface area contributed by atoms with Gasteiger partial charge in [-0.3, -0.25) is 0 Å². The molecular weight excluding hydrogens is 232 g/mol. The number of rotatable bonds is 4. The first kappa shape index (κ1) is 10.6. The summed E-state index contributed by atoms with van der Waals surface area (Å²) >= 11 is 7.15. The summed E-state index contributed by atoms with van der Waals surface area (Å²) < 4.78 is 6.49. The predicted octanol–water partition coefficient (Wildman–Crippen LogP) is 3.61. The summed E-state index contributed by atoms with van der Waals surface area (Å²) in [5.74, 6) is 1.30. The van der Waals surface area contributed by atoms with Crippen LogP contribution in [0.5, 0.6) is 11.5 Å². The molecule has 0 spiro atoms. The van der Waals surface area contributed by atoms with Crippen LogP contribution in [-0.4, -0.2) is 17.6 Å². The predicted molar refractivity (Wildman–Crippen MR) is 64.3 cm³/mol. The standard InChI is InChI=1S/C11H11ClO2S/c12-3-1-4-14-10-6-8-2-5-15-11(8)7-9(10)13/h2,5-7,13H,1,3-4H2. The first-order valence-corrected chi connectivity index (χ1v) is 6.11. The summed E-state index contributed by atoms with van der Waals surface area (Å²) in [5.41, 5.74) is 0. The highest BCUT2D eigenvalue weighted by Gasteiger charge is 2.05. The highest BCUT2D eigenvalue weighted by Crippen LogP contribution is 2.33. The van der Waals surface area contributed by atoms with Gasteiger partial charge in [-0.2, -0.15) is 0 Å². The van der Waals surface area contributed by atoms with Crippen molar-refractivity contribution in [3.8, 4) is 11.5 Å². The van der Waals surface area contributed by atoms with Crippen LogP contribution >= 0.6 is 22.9 Å². The van der Waals surface area contributed by atoms with Crippen LogP contribution in [0.3, 0.4) is 0 Å². The van der Waals surface area contributed by atoms with E-state index in [2.05, 4.69) is 0 Å². The Morgan fingerprint density at radius 3 is 3.07 bits per heavy atom. The number of hydrogen-bond donors (Lipinski definition) is 1. The van der Waals surface area contributed by atoms with Gasteiger partial charge in [0.15, 0.2) is 11.5 Å². The molecule has 2 rings (SSSR count). The topological polar surface area (TPSA) is 29.5 Å². The highest BCUT2D eigenvalue weighted by atomic mass is 35.5. The maximum atomic E-state index is 9.67. The van der Waals surface area contributed by atoms with E-state index in [-0.39, 0.29) is 5.75 Å². The Morgan fingerprint density at radius 2 is 2.27 bits per heavy atom. The summed E-state index contributed by atoms with van der Waals surface area (Å²) in [5, 5.41) is 12.8. The molecule has 0 atom stereocenters. The minimum Gasteiger partial charge on any atom is -0.504 e. The van der Waals surface area contributed by atoms with E-state index in [4.69, 9.17) is 16.3 Å². The van der Waals surface area contributed by atoms with Gasteiger partial charge in [0.25, 0.3) is 0 Å². The van der Waals surface area contributed by atoms with Crippen molar-refractivity contribution >= 4 is 33.0 Å². The van der Waals surface area contributed by atoms with Crippen LogP contribution in [0.15, 0.2) is 23.6 Å². The summed E-state index contributed by atoms with van der Waals surface area (Å²) in [6.07, 6.45) is 0.780. The third-order valence-corrected chi connectivity index (χ3v) is 3.22. The average Bonchev–Trinajstić information content (AvgIpc) is 2.65. The molecule has 0 saturated carbocycles. The van der Waals surface area contributed by atoms with E-state index in [1.807, 2.05) is 17.5 Å². The fraction of sp³-hybridized carbons (Fsp3) is 0.273. The summed E-state index contributed by atoms with van der Waals surface area (Å²) in [7, 11) is 0. The lowest BCUT2D eigenvalue weighted by Gasteiger charge is -2.07. The summed E-state index contributed by atoms with van der Waals surface area (Å²) in [6.45, 7) is 0.534. The van der Waals surface area contributed by atoms with E-state index in [0.717, 1.165) is 16.5 Å². The number of phenolic OH excluding ortho intramolecular Hbond substituents is 1. The van der Waals surface area contributed by atoms with Gasteiger partial charge >= 0.3 is 0 Å².